The van der Waals surface area contributed by atoms with Crippen LogP contribution in [0.1, 0.15) is 56.6 Å². The molecular formula is C22H27N3O2S. The van der Waals surface area contributed by atoms with Crippen LogP contribution < -0.4 is 5.32 Å². The van der Waals surface area contributed by atoms with Crippen molar-refractivity contribution in [1.29, 1.82) is 5.26 Å². The summed E-state index contributed by atoms with van der Waals surface area (Å²) in [5.41, 5.74) is 2.64. The van der Waals surface area contributed by atoms with Crippen LogP contribution >= 0.6 is 11.8 Å². The second-order valence-electron chi connectivity index (χ2n) is 7.79. The topological polar surface area (TPSA) is 73.2 Å². The maximum Gasteiger partial charge on any atom is 0.233 e. The van der Waals surface area contributed by atoms with E-state index in [1.165, 1.54) is 11.8 Å². The Labute approximate surface area is 171 Å². The van der Waals surface area contributed by atoms with Crippen LogP contribution in [0.4, 0.5) is 0 Å². The Bertz CT molecular complexity index is 815. The van der Waals surface area contributed by atoms with E-state index in [0.29, 0.717) is 10.6 Å². The molecule has 28 heavy (non-hydrogen) atoms. The molecule has 2 amide bonds. The Morgan fingerprint density at radius 2 is 1.89 bits per heavy atom. The number of nitrogens with zero attached hydrogens (tertiary/aromatic N) is 2. The first-order chi connectivity index (χ1) is 13.4. The van der Waals surface area contributed by atoms with Gasteiger partial charge < -0.3 is 10.2 Å². The van der Waals surface area contributed by atoms with Crippen LogP contribution in [0.3, 0.4) is 0 Å². The van der Waals surface area contributed by atoms with Crippen molar-refractivity contribution in [3.8, 4) is 6.07 Å². The van der Waals surface area contributed by atoms with E-state index in [1.54, 1.807) is 0 Å². The molecule has 0 spiro atoms. The van der Waals surface area contributed by atoms with Gasteiger partial charge in [0.15, 0.2) is 0 Å². The van der Waals surface area contributed by atoms with E-state index in [4.69, 9.17) is 0 Å². The Hall–Kier alpha value is -2.26. The summed E-state index contributed by atoms with van der Waals surface area (Å²) >= 11 is 1.28. The molecule has 0 bridgehead atoms. The maximum atomic E-state index is 12.8. The second kappa shape index (κ2) is 8.83. The van der Waals surface area contributed by atoms with Crippen molar-refractivity contribution >= 4 is 23.6 Å². The van der Waals surface area contributed by atoms with Gasteiger partial charge in [-0.1, -0.05) is 41.6 Å². The SMILES string of the molecule is Cc1ccc([C@H]2CC(=O)NC(SCC(=O)N3[C@H](C)CCC[C@@H]3C)=C2C#N)cc1. The number of benzene rings is 1. The van der Waals surface area contributed by atoms with E-state index in [-0.39, 0.29) is 42.0 Å². The lowest BCUT2D eigenvalue weighted by Gasteiger charge is -2.39. The first kappa shape index (κ1) is 20.5. The predicted octanol–water partition coefficient (Wildman–Crippen LogP) is 3.86. The fraction of sp³-hybridized carbons (Fsp3) is 0.500. The van der Waals surface area contributed by atoms with E-state index < -0.39 is 0 Å². The fourth-order valence-corrected chi connectivity index (χ4v) is 5.08. The van der Waals surface area contributed by atoms with Crippen LogP contribution in [0.25, 0.3) is 0 Å². The number of hydrogen-bond donors (Lipinski definition) is 1. The number of rotatable bonds is 4. The van der Waals surface area contributed by atoms with Crippen LogP contribution in [0.2, 0.25) is 0 Å². The Kier molecular flexibility index (Phi) is 6.46. The lowest BCUT2D eigenvalue weighted by Crippen LogP contribution is -2.48. The van der Waals surface area contributed by atoms with Crippen LogP contribution in [-0.4, -0.2) is 34.6 Å². The zero-order valence-corrected chi connectivity index (χ0v) is 17.5. The van der Waals surface area contributed by atoms with E-state index in [1.807, 2.05) is 36.1 Å². The average molecular weight is 398 g/mol. The minimum Gasteiger partial charge on any atom is -0.337 e. The van der Waals surface area contributed by atoms with Gasteiger partial charge in [0.1, 0.15) is 0 Å². The van der Waals surface area contributed by atoms with Crippen LogP contribution in [0, 0.1) is 18.3 Å². The molecular weight excluding hydrogens is 370 g/mol. The van der Waals surface area contributed by atoms with Crippen molar-refractivity contribution < 1.29 is 9.59 Å². The third-order valence-corrected chi connectivity index (χ3v) is 6.66. The van der Waals surface area contributed by atoms with Crippen molar-refractivity contribution in [2.24, 2.45) is 0 Å². The normalized spacial score (nSPS) is 25.3. The molecule has 3 atom stereocenters. The van der Waals surface area contributed by atoms with Gasteiger partial charge >= 0.3 is 0 Å². The number of aryl methyl sites for hydroxylation is 1. The van der Waals surface area contributed by atoms with Crippen molar-refractivity contribution in [3.63, 3.8) is 0 Å². The number of carbonyl (C=O) groups excluding carboxylic acids is 2. The summed E-state index contributed by atoms with van der Waals surface area (Å²) in [5.74, 6) is -0.0685. The highest BCUT2D eigenvalue weighted by atomic mass is 32.2. The summed E-state index contributed by atoms with van der Waals surface area (Å²) in [5, 5.41) is 13.1. The van der Waals surface area contributed by atoms with Gasteiger partial charge in [0.2, 0.25) is 11.8 Å². The largest absolute Gasteiger partial charge is 0.337 e. The van der Waals surface area contributed by atoms with Crippen LogP contribution in [-0.2, 0) is 9.59 Å². The molecule has 0 aliphatic carbocycles. The molecule has 2 aliphatic heterocycles. The highest BCUT2D eigenvalue weighted by molar-refractivity contribution is 8.03. The third-order valence-electron chi connectivity index (χ3n) is 5.66. The van der Waals surface area contributed by atoms with E-state index in [2.05, 4.69) is 25.2 Å². The van der Waals surface area contributed by atoms with Crippen LogP contribution in [0.5, 0.6) is 0 Å². The molecule has 2 heterocycles. The molecule has 148 valence electrons. The molecule has 0 radical (unpaired) electrons. The van der Waals surface area contributed by atoms with Crippen molar-refractivity contribution in [2.45, 2.75) is 64.5 Å². The molecule has 6 heteroatoms. The Balaban J connectivity index is 1.78. The summed E-state index contributed by atoms with van der Waals surface area (Å²) in [7, 11) is 0. The van der Waals surface area contributed by atoms with Gasteiger partial charge in [-0.05, 0) is 45.6 Å². The van der Waals surface area contributed by atoms with Crippen molar-refractivity contribution in [1.82, 2.24) is 10.2 Å². The number of likely N-dealkylation sites (tertiary alicyclic amines) is 1. The van der Waals surface area contributed by atoms with Crippen molar-refractivity contribution in [2.75, 3.05) is 5.75 Å². The average Bonchev–Trinajstić information content (AvgIpc) is 2.66. The molecule has 1 aromatic rings. The van der Waals surface area contributed by atoms with E-state index >= 15 is 0 Å². The molecule has 1 fully saturated rings. The summed E-state index contributed by atoms with van der Waals surface area (Å²) in [6, 6.07) is 10.7. The zero-order valence-electron chi connectivity index (χ0n) is 16.7. The summed E-state index contributed by atoms with van der Waals surface area (Å²) < 4.78 is 0. The number of thioether (sulfide) groups is 1. The number of amides is 2. The van der Waals surface area contributed by atoms with Gasteiger partial charge in [-0.15, -0.1) is 0 Å². The highest BCUT2D eigenvalue weighted by Gasteiger charge is 2.32. The Morgan fingerprint density at radius 1 is 1.25 bits per heavy atom. The molecule has 5 nitrogen and oxygen atoms in total. The van der Waals surface area contributed by atoms with E-state index in [9.17, 15) is 14.9 Å². The molecule has 0 unspecified atom stereocenters. The monoisotopic (exact) mass is 397 g/mol. The third kappa shape index (κ3) is 4.41. The lowest BCUT2D eigenvalue weighted by molar-refractivity contribution is -0.134. The van der Waals surface area contributed by atoms with Gasteiger partial charge in [0, 0.05) is 24.4 Å². The number of piperidine rings is 1. The standard InChI is InChI=1S/C22H27N3O2S/c1-14-7-9-17(10-8-14)18-11-20(26)24-22(19(18)12-23)28-13-21(27)25-15(2)5-4-6-16(25)3/h7-10,15-16,18H,4-6,11,13H2,1-3H3,(H,24,26)/t15-,16+,18-/m1/s1. The van der Waals surface area contributed by atoms with Gasteiger partial charge in [-0.25, -0.2) is 0 Å². The zero-order chi connectivity index (χ0) is 20.3. The molecule has 3 rings (SSSR count). The summed E-state index contributed by atoms with van der Waals surface area (Å²) in [6.07, 6.45) is 3.46. The number of nitriles is 1. The molecule has 0 aromatic heterocycles. The van der Waals surface area contributed by atoms with Crippen LogP contribution in [0.15, 0.2) is 34.9 Å². The fourth-order valence-electron chi connectivity index (χ4n) is 4.14. The quantitative estimate of drug-likeness (QED) is 0.837. The maximum absolute atomic E-state index is 12.8. The minimum absolute atomic E-state index is 0.0706. The molecule has 2 aliphatic rings. The lowest BCUT2D eigenvalue weighted by atomic mass is 9.87. The predicted molar refractivity (Wildman–Crippen MR) is 111 cm³/mol. The molecule has 1 aromatic carbocycles. The van der Waals surface area contributed by atoms with Gasteiger partial charge in [0.25, 0.3) is 0 Å². The molecule has 1 saturated heterocycles. The minimum atomic E-state index is -0.259. The Morgan fingerprint density at radius 3 is 2.50 bits per heavy atom. The van der Waals surface area contributed by atoms with Crippen molar-refractivity contribution in [3.05, 3.63) is 46.0 Å². The number of carbonyl (C=O) groups is 2. The van der Waals surface area contributed by atoms with Gasteiger partial charge in [0.05, 0.1) is 22.4 Å². The first-order valence-electron chi connectivity index (χ1n) is 9.85. The second-order valence-corrected chi connectivity index (χ2v) is 8.77. The number of allylic oxidation sites excluding steroid dienone is 1. The summed E-state index contributed by atoms with van der Waals surface area (Å²) in [4.78, 5) is 27.1. The smallest absolute Gasteiger partial charge is 0.233 e. The van der Waals surface area contributed by atoms with E-state index in [0.717, 1.165) is 30.4 Å². The number of nitrogens with one attached hydrogen (secondary N) is 1. The molecule has 1 N–H and O–H groups in total. The first-order valence-corrected chi connectivity index (χ1v) is 10.8. The molecule has 0 saturated carbocycles. The number of hydrogen-bond acceptors (Lipinski definition) is 4. The highest BCUT2D eigenvalue weighted by Crippen LogP contribution is 2.36. The van der Waals surface area contributed by atoms with Gasteiger partial charge in [-0.3, -0.25) is 9.59 Å². The van der Waals surface area contributed by atoms with Gasteiger partial charge in [-0.2, -0.15) is 5.26 Å². The summed E-state index contributed by atoms with van der Waals surface area (Å²) in [6.45, 7) is 6.19.